The lowest BCUT2D eigenvalue weighted by molar-refractivity contribution is 0.628. The van der Waals surface area contributed by atoms with Gasteiger partial charge in [-0.25, -0.2) is 9.37 Å². The fourth-order valence-electron chi connectivity index (χ4n) is 3.46. The van der Waals surface area contributed by atoms with Gasteiger partial charge in [0.2, 0.25) is 0 Å². The van der Waals surface area contributed by atoms with Crippen LogP contribution in [-0.2, 0) is 0 Å². The summed E-state index contributed by atoms with van der Waals surface area (Å²) in [4.78, 5) is 5.89. The van der Waals surface area contributed by atoms with E-state index >= 15 is 0 Å². The molecule has 0 atom stereocenters. The highest BCUT2D eigenvalue weighted by Crippen LogP contribution is 2.38. The SMILES string of the molecule is CC(C)c1nc(N)c2cc(N)c(C=N)cc2c1-c1ccc(F)cc1.CSc1ccccc1. The third-order valence-electron chi connectivity index (χ3n) is 5.08. The van der Waals surface area contributed by atoms with E-state index in [1.54, 1.807) is 30.0 Å². The van der Waals surface area contributed by atoms with E-state index < -0.39 is 0 Å². The summed E-state index contributed by atoms with van der Waals surface area (Å²) < 4.78 is 13.3. The van der Waals surface area contributed by atoms with Gasteiger partial charge in [-0.3, -0.25) is 0 Å². The summed E-state index contributed by atoms with van der Waals surface area (Å²) in [6, 6.07) is 20.2. The molecule has 0 fully saturated rings. The van der Waals surface area contributed by atoms with Gasteiger partial charge < -0.3 is 16.9 Å². The number of hydrogen-bond acceptors (Lipinski definition) is 5. The van der Waals surface area contributed by atoms with E-state index in [0.717, 1.165) is 27.6 Å². The molecule has 0 aliphatic rings. The Morgan fingerprint density at radius 2 is 1.62 bits per heavy atom. The average molecular weight is 447 g/mol. The van der Waals surface area contributed by atoms with Gasteiger partial charge in [0.1, 0.15) is 11.6 Å². The van der Waals surface area contributed by atoms with Crippen LogP contribution in [0.15, 0.2) is 71.6 Å². The number of nitrogens with zero attached hydrogens (tertiary/aromatic N) is 1. The van der Waals surface area contributed by atoms with E-state index in [4.69, 9.17) is 16.9 Å². The molecule has 164 valence electrons. The Morgan fingerprint density at radius 3 is 2.16 bits per heavy atom. The fourth-order valence-corrected chi connectivity index (χ4v) is 3.88. The van der Waals surface area contributed by atoms with Crippen molar-refractivity contribution in [2.45, 2.75) is 24.7 Å². The van der Waals surface area contributed by atoms with Crippen molar-refractivity contribution >= 4 is 40.3 Å². The minimum Gasteiger partial charge on any atom is -0.398 e. The van der Waals surface area contributed by atoms with Gasteiger partial charge in [-0.1, -0.05) is 44.2 Å². The molecule has 5 N–H and O–H groups in total. The molecule has 0 aliphatic heterocycles. The molecule has 1 aromatic heterocycles. The Hall–Kier alpha value is -3.38. The highest BCUT2D eigenvalue weighted by molar-refractivity contribution is 7.98. The topological polar surface area (TPSA) is 88.8 Å². The minimum absolute atomic E-state index is 0.137. The second-order valence-corrected chi connectivity index (χ2v) is 8.49. The number of thioether (sulfide) groups is 1. The zero-order valence-electron chi connectivity index (χ0n) is 18.4. The number of pyridine rings is 1. The number of benzene rings is 3. The number of anilines is 2. The van der Waals surface area contributed by atoms with Crippen LogP contribution in [0.1, 0.15) is 31.0 Å². The maximum atomic E-state index is 13.3. The minimum atomic E-state index is -0.290. The summed E-state index contributed by atoms with van der Waals surface area (Å²) in [5, 5.41) is 9.16. The summed E-state index contributed by atoms with van der Waals surface area (Å²) >= 11 is 1.77. The Kier molecular flexibility index (Phi) is 7.49. The van der Waals surface area contributed by atoms with E-state index in [1.807, 2.05) is 38.1 Å². The monoisotopic (exact) mass is 446 g/mol. The van der Waals surface area contributed by atoms with Gasteiger partial charge in [-0.2, -0.15) is 0 Å². The molecular weight excluding hydrogens is 419 g/mol. The van der Waals surface area contributed by atoms with Crippen molar-refractivity contribution in [2.24, 2.45) is 0 Å². The first-order chi connectivity index (χ1) is 15.3. The van der Waals surface area contributed by atoms with Gasteiger partial charge in [0, 0.05) is 33.3 Å². The first-order valence-electron chi connectivity index (χ1n) is 10.2. The van der Waals surface area contributed by atoms with Crippen molar-refractivity contribution in [3.63, 3.8) is 0 Å². The normalized spacial score (nSPS) is 10.7. The molecule has 6 heteroatoms. The lowest BCUT2D eigenvalue weighted by Crippen LogP contribution is -2.04. The zero-order chi connectivity index (χ0) is 23.3. The van der Waals surface area contributed by atoms with Crippen LogP contribution in [0.25, 0.3) is 21.9 Å². The molecule has 0 saturated carbocycles. The fraction of sp³-hybridized carbons (Fsp3) is 0.154. The van der Waals surface area contributed by atoms with Crippen molar-refractivity contribution in [1.82, 2.24) is 4.98 Å². The van der Waals surface area contributed by atoms with E-state index in [1.165, 1.54) is 23.2 Å². The largest absolute Gasteiger partial charge is 0.398 e. The predicted molar refractivity (Wildman–Crippen MR) is 136 cm³/mol. The predicted octanol–water partition coefficient (Wildman–Crippen LogP) is 6.73. The molecule has 0 aliphatic carbocycles. The van der Waals surface area contributed by atoms with E-state index in [0.29, 0.717) is 17.1 Å². The standard InChI is InChI=1S/C19H19FN4.C7H8S/c1-10(2)18-17(11-3-5-13(20)6-4-11)14-7-12(9-21)16(22)8-15(14)19(23)24-18;1-8-7-5-3-2-4-6-7/h3-10,21H,22H2,1-2H3,(H2,23,24);2-6H,1H3. The molecule has 4 nitrogen and oxygen atoms in total. The van der Waals surface area contributed by atoms with Crippen LogP contribution in [0.4, 0.5) is 15.9 Å². The van der Waals surface area contributed by atoms with Crippen LogP contribution in [0.5, 0.6) is 0 Å². The summed E-state index contributed by atoms with van der Waals surface area (Å²) in [6.45, 7) is 4.07. The second kappa shape index (κ2) is 10.3. The number of fused-ring (bicyclic) bond motifs is 1. The van der Waals surface area contributed by atoms with Gasteiger partial charge in [0.15, 0.2) is 0 Å². The van der Waals surface area contributed by atoms with Gasteiger partial charge >= 0.3 is 0 Å². The molecule has 0 bridgehead atoms. The Labute approximate surface area is 192 Å². The molecule has 4 rings (SSSR count). The van der Waals surface area contributed by atoms with Crippen LogP contribution < -0.4 is 11.5 Å². The molecule has 3 aromatic carbocycles. The molecule has 0 spiro atoms. The summed E-state index contributed by atoms with van der Waals surface area (Å²) in [5.41, 5.74) is 15.8. The lowest BCUT2D eigenvalue weighted by Gasteiger charge is -2.18. The van der Waals surface area contributed by atoms with E-state index in [-0.39, 0.29) is 11.7 Å². The second-order valence-electron chi connectivity index (χ2n) is 7.61. The molecule has 1 heterocycles. The highest BCUT2D eigenvalue weighted by Gasteiger charge is 2.18. The number of hydrogen-bond donors (Lipinski definition) is 3. The Morgan fingerprint density at radius 1 is 0.969 bits per heavy atom. The summed E-state index contributed by atoms with van der Waals surface area (Å²) in [5.74, 6) is 0.252. The van der Waals surface area contributed by atoms with Crippen molar-refractivity contribution in [3.05, 3.63) is 83.8 Å². The highest BCUT2D eigenvalue weighted by atomic mass is 32.2. The van der Waals surface area contributed by atoms with Gasteiger partial charge in [-0.05, 0) is 59.5 Å². The Bertz CT molecular complexity index is 1220. The van der Waals surface area contributed by atoms with Crippen LogP contribution in [0.2, 0.25) is 0 Å². The number of aromatic nitrogens is 1. The molecule has 4 aromatic rings. The molecule has 0 saturated heterocycles. The number of halogens is 1. The number of nitrogen functional groups attached to an aromatic ring is 2. The van der Waals surface area contributed by atoms with Crippen molar-refractivity contribution in [2.75, 3.05) is 17.7 Å². The maximum absolute atomic E-state index is 13.3. The average Bonchev–Trinajstić information content (AvgIpc) is 2.80. The molecular formula is C26H27FN4S. The molecule has 0 unspecified atom stereocenters. The smallest absolute Gasteiger partial charge is 0.131 e. The third kappa shape index (κ3) is 5.08. The first-order valence-corrected chi connectivity index (χ1v) is 11.5. The van der Waals surface area contributed by atoms with Gasteiger partial charge in [0.05, 0.1) is 5.69 Å². The summed E-state index contributed by atoms with van der Waals surface area (Å²) in [7, 11) is 0. The summed E-state index contributed by atoms with van der Waals surface area (Å²) in [6.07, 6.45) is 3.30. The maximum Gasteiger partial charge on any atom is 0.131 e. The van der Waals surface area contributed by atoms with Crippen molar-refractivity contribution in [1.29, 1.82) is 5.41 Å². The van der Waals surface area contributed by atoms with Crippen LogP contribution >= 0.6 is 11.8 Å². The van der Waals surface area contributed by atoms with Gasteiger partial charge in [0.25, 0.3) is 0 Å². The third-order valence-corrected chi connectivity index (χ3v) is 5.82. The zero-order valence-corrected chi connectivity index (χ0v) is 19.2. The van der Waals surface area contributed by atoms with E-state index in [2.05, 4.69) is 23.4 Å². The molecule has 32 heavy (non-hydrogen) atoms. The van der Waals surface area contributed by atoms with Gasteiger partial charge in [-0.15, -0.1) is 11.8 Å². The van der Waals surface area contributed by atoms with Crippen LogP contribution in [0.3, 0.4) is 0 Å². The molecule has 0 radical (unpaired) electrons. The quantitative estimate of drug-likeness (QED) is 0.184. The van der Waals surface area contributed by atoms with E-state index in [9.17, 15) is 4.39 Å². The first kappa shape index (κ1) is 23.3. The Balaban J connectivity index is 0.000000305. The van der Waals surface area contributed by atoms with Crippen molar-refractivity contribution < 1.29 is 4.39 Å². The van der Waals surface area contributed by atoms with Crippen LogP contribution in [0, 0.1) is 11.2 Å². The van der Waals surface area contributed by atoms with Crippen molar-refractivity contribution in [3.8, 4) is 11.1 Å². The molecule has 0 amide bonds. The lowest BCUT2D eigenvalue weighted by atomic mass is 9.91. The number of rotatable bonds is 4. The van der Waals surface area contributed by atoms with Crippen LogP contribution in [-0.4, -0.2) is 17.5 Å². The number of nitrogens with one attached hydrogen (secondary N) is 1. The number of nitrogens with two attached hydrogens (primary N) is 2.